The number of aromatic nitrogens is 1. The number of hydrogen-bond donors (Lipinski definition) is 3. The molecule has 2 amide bonds. The number of carbonyl (C=O) groups is 2. The van der Waals surface area contributed by atoms with Crippen molar-refractivity contribution in [1.29, 1.82) is 0 Å². The Balaban J connectivity index is 2.53. The topological polar surface area (TPSA) is 124 Å². The first kappa shape index (κ1) is 27.1. The van der Waals surface area contributed by atoms with Gasteiger partial charge in [0.2, 0.25) is 0 Å². The zero-order valence-electron chi connectivity index (χ0n) is 21.1. The lowest BCUT2D eigenvalue weighted by atomic mass is 9.80. The zero-order chi connectivity index (χ0) is 26.8. The number of nitrogens with two attached hydrogens (primary N) is 1. The van der Waals surface area contributed by atoms with Gasteiger partial charge in [0.1, 0.15) is 5.75 Å². The van der Waals surface area contributed by atoms with Crippen molar-refractivity contribution in [3.8, 4) is 16.9 Å². The van der Waals surface area contributed by atoms with Gasteiger partial charge in [-0.05, 0) is 47.2 Å². The van der Waals surface area contributed by atoms with E-state index < -0.39 is 23.5 Å². The molecule has 0 aliphatic rings. The van der Waals surface area contributed by atoms with Crippen molar-refractivity contribution < 1.29 is 19.4 Å². The molecule has 0 spiro atoms. The number of amides is 2. The average molecular weight is 514 g/mol. The minimum absolute atomic E-state index is 0.112. The minimum Gasteiger partial charge on any atom is -0.484 e. The second kappa shape index (κ2) is 10.6. The van der Waals surface area contributed by atoms with Crippen LogP contribution in [0.5, 0.6) is 5.75 Å². The molecule has 0 radical (unpaired) electrons. The van der Waals surface area contributed by atoms with Gasteiger partial charge in [-0.25, -0.2) is 4.79 Å². The second-order valence-electron chi connectivity index (χ2n) is 10.3. The van der Waals surface area contributed by atoms with E-state index >= 15 is 0 Å². The Hall–Kier alpha value is -3.52. The molecule has 0 bridgehead atoms. The number of carbonyl (C=O) groups excluding carboxylic acids is 1. The van der Waals surface area contributed by atoms with Gasteiger partial charge in [0.05, 0.1) is 11.7 Å². The molecule has 1 aromatic heterocycles. The van der Waals surface area contributed by atoms with Crippen LogP contribution >= 0.6 is 11.6 Å². The highest BCUT2D eigenvalue weighted by atomic mass is 35.5. The van der Waals surface area contributed by atoms with Crippen LogP contribution in [0.1, 0.15) is 46.4 Å². The Morgan fingerprint density at radius 3 is 2.28 bits per heavy atom. The first-order chi connectivity index (χ1) is 16.8. The molecule has 0 aliphatic carbocycles. The summed E-state index contributed by atoms with van der Waals surface area (Å²) >= 11 is 6.17. The number of carboxylic acid groups (broad SMARTS) is 1. The van der Waals surface area contributed by atoms with Crippen LogP contribution < -0.4 is 21.3 Å². The predicted molar refractivity (Wildman–Crippen MR) is 142 cm³/mol. The van der Waals surface area contributed by atoms with Crippen LogP contribution in [0.15, 0.2) is 47.3 Å². The highest BCUT2D eigenvalue weighted by Gasteiger charge is 2.34. The highest BCUT2D eigenvalue weighted by molar-refractivity contribution is 6.30. The highest BCUT2D eigenvalue weighted by Crippen LogP contribution is 2.42. The van der Waals surface area contributed by atoms with Crippen molar-refractivity contribution in [2.45, 2.75) is 47.2 Å². The van der Waals surface area contributed by atoms with Gasteiger partial charge in [-0.1, -0.05) is 58.4 Å². The van der Waals surface area contributed by atoms with Crippen LogP contribution in [0.3, 0.4) is 0 Å². The lowest BCUT2D eigenvalue weighted by Gasteiger charge is -2.35. The predicted octanol–water partition coefficient (Wildman–Crippen LogP) is 5.20. The Morgan fingerprint density at radius 2 is 1.75 bits per heavy atom. The van der Waals surface area contributed by atoms with Gasteiger partial charge >= 0.3 is 6.09 Å². The maximum atomic E-state index is 13.9. The standard InChI is InChI=1S/C27H32ClN3O5/c1-15(2)13-31-23(24(27(3,4)5)30-26(34)35)22(16-6-8-17(28)9-7-16)20-12-18(36-14-21(29)32)10-11-19(20)25(31)33/h6-12,15,24,30H,13-14H2,1-5H3,(H2,29,32)(H,34,35). The van der Waals surface area contributed by atoms with Crippen LogP contribution in [0.4, 0.5) is 4.79 Å². The lowest BCUT2D eigenvalue weighted by molar-refractivity contribution is -0.119. The van der Waals surface area contributed by atoms with Crippen LogP contribution in [0, 0.1) is 11.3 Å². The van der Waals surface area contributed by atoms with E-state index in [0.717, 1.165) is 5.56 Å². The summed E-state index contributed by atoms with van der Waals surface area (Å²) in [6.07, 6.45) is -1.20. The first-order valence-corrected chi connectivity index (χ1v) is 12.0. The fraction of sp³-hybridized carbons (Fsp3) is 0.370. The van der Waals surface area contributed by atoms with E-state index in [2.05, 4.69) is 5.32 Å². The number of ether oxygens (including phenoxy) is 1. The number of nitrogens with one attached hydrogen (secondary N) is 1. The van der Waals surface area contributed by atoms with Gasteiger partial charge in [0.15, 0.2) is 6.61 Å². The Labute approximate surface area is 215 Å². The Morgan fingerprint density at radius 1 is 1.11 bits per heavy atom. The number of hydrogen-bond acceptors (Lipinski definition) is 4. The van der Waals surface area contributed by atoms with E-state index in [1.165, 1.54) is 0 Å². The van der Waals surface area contributed by atoms with Crippen molar-refractivity contribution in [2.24, 2.45) is 17.1 Å². The van der Waals surface area contributed by atoms with Crippen LogP contribution in [-0.4, -0.2) is 28.3 Å². The second-order valence-corrected chi connectivity index (χ2v) is 10.7. The molecule has 3 rings (SSSR count). The average Bonchev–Trinajstić information content (AvgIpc) is 2.77. The fourth-order valence-electron chi connectivity index (χ4n) is 4.27. The van der Waals surface area contributed by atoms with Gasteiger partial charge in [-0.15, -0.1) is 0 Å². The summed E-state index contributed by atoms with van der Waals surface area (Å²) in [6.45, 7) is 9.82. The maximum Gasteiger partial charge on any atom is 0.405 e. The monoisotopic (exact) mass is 513 g/mol. The molecule has 0 saturated carbocycles. The molecule has 0 fully saturated rings. The van der Waals surface area contributed by atoms with Gasteiger partial charge in [-0.3, -0.25) is 9.59 Å². The molecular weight excluding hydrogens is 482 g/mol. The van der Waals surface area contributed by atoms with Gasteiger partial charge in [0.25, 0.3) is 11.5 Å². The van der Waals surface area contributed by atoms with E-state index in [4.69, 9.17) is 22.1 Å². The fourth-order valence-corrected chi connectivity index (χ4v) is 4.40. The summed E-state index contributed by atoms with van der Waals surface area (Å²) in [5.41, 5.74) is 6.40. The summed E-state index contributed by atoms with van der Waals surface area (Å²) in [5.74, 6) is -0.151. The quantitative estimate of drug-likeness (QED) is 0.382. The molecule has 1 heterocycles. The van der Waals surface area contributed by atoms with Crippen LogP contribution in [0.25, 0.3) is 21.9 Å². The Kier molecular flexibility index (Phi) is 7.99. The molecule has 3 aromatic rings. The van der Waals surface area contributed by atoms with E-state index in [1.807, 2.05) is 46.8 Å². The Bertz CT molecular complexity index is 1340. The van der Waals surface area contributed by atoms with Crippen LogP contribution in [-0.2, 0) is 11.3 Å². The van der Waals surface area contributed by atoms with Crippen molar-refractivity contribution in [3.05, 3.63) is 63.5 Å². The molecule has 4 N–H and O–H groups in total. The normalized spacial score (nSPS) is 12.5. The SMILES string of the molecule is CC(C)Cn1c(C(NC(=O)O)C(C)(C)C)c(-c2ccc(Cl)cc2)c2cc(OCC(N)=O)ccc2c1=O. The zero-order valence-corrected chi connectivity index (χ0v) is 21.8. The van der Waals surface area contributed by atoms with Crippen molar-refractivity contribution in [3.63, 3.8) is 0 Å². The molecule has 1 unspecified atom stereocenters. The molecule has 0 aliphatic heterocycles. The smallest absolute Gasteiger partial charge is 0.405 e. The number of halogens is 1. The number of rotatable bonds is 8. The molecule has 9 heteroatoms. The maximum absolute atomic E-state index is 13.9. The third-order valence-corrected chi connectivity index (χ3v) is 6.00. The lowest BCUT2D eigenvalue weighted by Crippen LogP contribution is -2.40. The molecule has 192 valence electrons. The molecule has 2 aromatic carbocycles. The number of benzene rings is 2. The summed E-state index contributed by atoms with van der Waals surface area (Å²) in [5, 5.41) is 14.0. The number of pyridine rings is 1. The van der Waals surface area contributed by atoms with Crippen LogP contribution in [0.2, 0.25) is 5.02 Å². The summed E-state index contributed by atoms with van der Waals surface area (Å²) < 4.78 is 7.21. The summed E-state index contributed by atoms with van der Waals surface area (Å²) in [7, 11) is 0. The largest absolute Gasteiger partial charge is 0.484 e. The van der Waals surface area contributed by atoms with Crippen molar-refractivity contribution in [1.82, 2.24) is 9.88 Å². The van der Waals surface area contributed by atoms with E-state index in [0.29, 0.717) is 39.3 Å². The number of fused-ring (bicyclic) bond motifs is 1. The molecule has 36 heavy (non-hydrogen) atoms. The van der Waals surface area contributed by atoms with E-state index in [1.54, 1.807) is 34.9 Å². The third kappa shape index (κ3) is 5.99. The van der Waals surface area contributed by atoms with Gasteiger partial charge in [-0.2, -0.15) is 0 Å². The molecule has 8 nitrogen and oxygen atoms in total. The number of primary amides is 1. The summed E-state index contributed by atoms with van der Waals surface area (Å²) in [4.78, 5) is 37.1. The summed E-state index contributed by atoms with van der Waals surface area (Å²) in [6, 6.07) is 11.4. The molecule has 1 atom stereocenters. The van der Waals surface area contributed by atoms with Crippen molar-refractivity contribution in [2.75, 3.05) is 6.61 Å². The van der Waals surface area contributed by atoms with Gasteiger partial charge < -0.3 is 25.5 Å². The van der Waals surface area contributed by atoms with E-state index in [9.17, 15) is 19.5 Å². The molecular formula is C27H32ClN3O5. The van der Waals surface area contributed by atoms with Gasteiger partial charge in [0, 0.05) is 27.9 Å². The number of nitrogens with zero attached hydrogens (tertiary/aromatic N) is 1. The third-order valence-electron chi connectivity index (χ3n) is 5.75. The van der Waals surface area contributed by atoms with E-state index in [-0.39, 0.29) is 18.1 Å². The first-order valence-electron chi connectivity index (χ1n) is 11.7. The minimum atomic E-state index is -1.20. The molecule has 0 saturated heterocycles. The van der Waals surface area contributed by atoms with Crippen molar-refractivity contribution >= 4 is 34.4 Å².